The number of carbonyl (C=O) groups excluding carboxylic acids is 1. The van der Waals surface area contributed by atoms with E-state index in [0.717, 1.165) is 6.42 Å². The number of thiophene rings is 1. The minimum Gasteiger partial charge on any atom is -0.480 e. The number of hydrogen-bond acceptors (Lipinski definition) is 3. The van der Waals surface area contributed by atoms with Gasteiger partial charge in [-0.25, -0.2) is 4.79 Å². The van der Waals surface area contributed by atoms with Crippen LogP contribution in [0.1, 0.15) is 23.0 Å². The fourth-order valence-electron chi connectivity index (χ4n) is 2.09. The van der Waals surface area contributed by atoms with Crippen LogP contribution >= 0.6 is 11.3 Å². The number of carboxylic acids is 1. The molecule has 86 valence electrons. The van der Waals surface area contributed by atoms with Crippen molar-refractivity contribution in [1.29, 1.82) is 0 Å². The summed E-state index contributed by atoms with van der Waals surface area (Å²) in [4.78, 5) is 25.2. The van der Waals surface area contributed by atoms with Crippen molar-refractivity contribution < 1.29 is 14.7 Å². The van der Waals surface area contributed by atoms with Crippen LogP contribution in [-0.2, 0) is 4.79 Å². The Labute approximate surface area is 97.5 Å². The van der Waals surface area contributed by atoms with Crippen molar-refractivity contribution >= 4 is 23.2 Å². The highest BCUT2D eigenvalue weighted by molar-refractivity contribution is 7.12. The minimum absolute atomic E-state index is 0.0291. The van der Waals surface area contributed by atoms with Crippen molar-refractivity contribution in [2.24, 2.45) is 5.92 Å². The molecule has 16 heavy (non-hydrogen) atoms. The lowest BCUT2D eigenvalue weighted by molar-refractivity contribution is -0.142. The third-order valence-electron chi connectivity index (χ3n) is 2.95. The van der Waals surface area contributed by atoms with Crippen LogP contribution in [0.4, 0.5) is 0 Å². The van der Waals surface area contributed by atoms with Gasteiger partial charge in [0.15, 0.2) is 0 Å². The summed E-state index contributed by atoms with van der Waals surface area (Å²) >= 11 is 1.35. The highest BCUT2D eigenvalue weighted by Gasteiger charge is 2.39. The molecule has 0 spiro atoms. The van der Waals surface area contributed by atoms with Crippen LogP contribution in [0.5, 0.6) is 0 Å². The van der Waals surface area contributed by atoms with E-state index in [-0.39, 0.29) is 11.8 Å². The Morgan fingerprint density at radius 3 is 2.88 bits per heavy atom. The minimum atomic E-state index is -0.907. The topological polar surface area (TPSA) is 57.6 Å². The van der Waals surface area contributed by atoms with Gasteiger partial charge in [0.25, 0.3) is 5.91 Å². The normalized spacial score (nSPS) is 24.7. The maximum absolute atomic E-state index is 12.0. The first-order valence-corrected chi connectivity index (χ1v) is 6.06. The molecular formula is C11H13NO3S. The SMILES string of the molecule is CC1CCN(C(=O)c2cccs2)C1C(=O)O. The first-order valence-electron chi connectivity index (χ1n) is 5.18. The number of amides is 1. The number of nitrogens with zero attached hydrogens (tertiary/aromatic N) is 1. The van der Waals surface area contributed by atoms with Crippen LogP contribution in [0.15, 0.2) is 17.5 Å². The molecule has 1 aliphatic heterocycles. The standard InChI is InChI=1S/C11H13NO3S/c1-7-4-5-12(9(7)11(14)15)10(13)8-3-2-6-16-8/h2-3,6-7,9H,4-5H2,1H3,(H,14,15). The fraction of sp³-hybridized carbons (Fsp3) is 0.455. The molecular weight excluding hydrogens is 226 g/mol. The van der Waals surface area contributed by atoms with Crippen LogP contribution < -0.4 is 0 Å². The molecule has 1 amide bonds. The second-order valence-electron chi connectivity index (χ2n) is 4.02. The molecule has 1 fully saturated rings. The third kappa shape index (κ3) is 1.82. The summed E-state index contributed by atoms with van der Waals surface area (Å²) in [6.45, 7) is 2.41. The number of carboxylic acid groups (broad SMARTS) is 1. The highest BCUT2D eigenvalue weighted by atomic mass is 32.1. The molecule has 2 rings (SSSR count). The maximum Gasteiger partial charge on any atom is 0.326 e. The summed E-state index contributed by atoms with van der Waals surface area (Å²) in [7, 11) is 0. The summed E-state index contributed by atoms with van der Waals surface area (Å²) in [5.41, 5.74) is 0. The quantitative estimate of drug-likeness (QED) is 0.854. The summed E-state index contributed by atoms with van der Waals surface area (Å²) in [5.74, 6) is -1.04. The lowest BCUT2D eigenvalue weighted by Crippen LogP contribution is -2.42. The van der Waals surface area contributed by atoms with E-state index in [4.69, 9.17) is 5.11 Å². The highest BCUT2D eigenvalue weighted by Crippen LogP contribution is 2.26. The Hall–Kier alpha value is -1.36. The van der Waals surface area contributed by atoms with Gasteiger partial charge in [-0.3, -0.25) is 4.79 Å². The zero-order chi connectivity index (χ0) is 11.7. The molecule has 2 unspecified atom stereocenters. The molecule has 4 nitrogen and oxygen atoms in total. The molecule has 1 aliphatic rings. The molecule has 1 N–H and O–H groups in total. The molecule has 2 atom stereocenters. The number of aliphatic carboxylic acids is 1. The van der Waals surface area contributed by atoms with Gasteiger partial charge in [-0.1, -0.05) is 13.0 Å². The zero-order valence-electron chi connectivity index (χ0n) is 8.92. The summed E-state index contributed by atoms with van der Waals surface area (Å²) < 4.78 is 0. The van der Waals surface area contributed by atoms with Gasteiger partial charge in [0.1, 0.15) is 6.04 Å². The molecule has 0 saturated carbocycles. The number of likely N-dealkylation sites (tertiary alicyclic amines) is 1. The van der Waals surface area contributed by atoms with Crippen LogP contribution in [-0.4, -0.2) is 34.5 Å². The van der Waals surface area contributed by atoms with E-state index in [2.05, 4.69) is 0 Å². The van der Waals surface area contributed by atoms with E-state index in [9.17, 15) is 9.59 Å². The second-order valence-corrected chi connectivity index (χ2v) is 4.97. The maximum atomic E-state index is 12.0. The van der Waals surface area contributed by atoms with Gasteiger partial charge in [0.05, 0.1) is 4.88 Å². The second kappa shape index (κ2) is 4.25. The van der Waals surface area contributed by atoms with Crippen molar-refractivity contribution in [2.75, 3.05) is 6.54 Å². The Kier molecular flexibility index (Phi) is 2.96. The average molecular weight is 239 g/mol. The molecule has 1 saturated heterocycles. The Morgan fingerprint density at radius 2 is 2.31 bits per heavy atom. The monoisotopic (exact) mass is 239 g/mol. The van der Waals surface area contributed by atoms with Crippen molar-refractivity contribution in [3.8, 4) is 0 Å². The molecule has 1 aromatic heterocycles. The first kappa shape index (κ1) is 11.1. The summed E-state index contributed by atoms with van der Waals surface area (Å²) in [6.07, 6.45) is 0.758. The predicted molar refractivity (Wildman–Crippen MR) is 60.6 cm³/mol. The van der Waals surface area contributed by atoms with Gasteiger partial charge >= 0.3 is 5.97 Å². The molecule has 0 radical (unpaired) electrons. The van der Waals surface area contributed by atoms with E-state index in [1.165, 1.54) is 16.2 Å². The average Bonchev–Trinajstić information content (AvgIpc) is 2.84. The van der Waals surface area contributed by atoms with Crippen molar-refractivity contribution in [1.82, 2.24) is 4.90 Å². The van der Waals surface area contributed by atoms with E-state index < -0.39 is 12.0 Å². The molecule has 0 bridgehead atoms. The van der Waals surface area contributed by atoms with Gasteiger partial charge in [-0.2, -0.15) is 0 Å². The first-order chi connectivity index (χ1) is 7.61. The molecule has 1 aromatic rings. The molecule has 0 aliphatic carbocycles. The van der Waals surface area contributed by atoms with Gasteiger partial charge in [-0.05, 0) is 23.8 Å². The fourth-order valence-corrected chi connectivity index (χ4v) is 2.77. The van der Waals surface area contributed by atoms with Gasteiger partial charge in [-0.15, -0.1) is 11.3 Å². The third-order valence-corrected chi connectivity index (χ3v) is 3.80. The molecule has 2 heterocycles. The smallest absolute Gasteiger partial charge is 0.326 e. The summed E-state index contributed by atoms with van der Waals surface area (Å²) in [6, 6.07) is 2.86. The van der Waals surface area contributed by atoms with Gasteiger partial charge < -0.3 is 10.0 Å². The van der Waals surface area contributed by atoms with E-state index in [1.807, 2.05) is 12.3 Å². The number of rotatable bonds is 2. The van der Waals surface area contributed by atoms with Crippen molar-refractivity contribution in [3.05, 3.63) is 22.4 Å². The predicted octanol–water partition coefficient (Wildman–Crippen LogP) is 1.68. The van der Waals surface area contributed by atoms with Crippen LogP contribution in [0, 0.1) is 5.92 Å². The van der Waals surface area contributed by atoms with Crippen LogP contribution in [0.2, 0.25) is 0 Å². The Bertz CT molecular complexity index is 401. The van der Waals surface area contributed by atoms with Crippen LogP contribution in [0.3, 0.4) is 0 Å². The lowest BCUT2D eigenvalue weighted by atomic mass is 10.0. The Morgan fingerprint density at radius 1 is 1.56 bits per heavy atom. The lowest BCUT2D eigenvalue weighted by Gasteiger charge is -2.22. The summed E-state index contributed by atoms with van der Waals surface area (Å²) in [5, 5.41) is 10.9. The van der Waals surface area contributed by atoms with Crippen LogP contribution in [0.25, 0.3) is 0 Å². The van der Waals surface area contributed by atoms with Gasteiger partial charge in [0, 0.05) is 6.54 Å². The van der Waals surface area contributed by atoms with Crippen molar-refractivity contribution in [2.45, 2.75) is 19.4 Å². The number of carbonyl (C=O) groups is 2. The number of hydrogen-bond donors (Lipinski definition) is 1. The van der Waals surface area contributed by atoms with E-state index >= 15 is 0 Å². The zero-order valence-corrected chi connectivity index (χ0v) is 9.74. The van der Waals surface area contributed by atoms with E-state index in [0.29, 0.717) is 11.4 Å². The molecule has 5 heteroatoms. The van der Waals surface area contributed by atoms with Crippen molar-refractivity contribution in [3.63, 3.8) is 0 Å². The largest absolute Gasteiger partial charge is 0.480 e. The Balaban J connectivity index is 2.21. The van der Waals surface area contributed by atoms with Gasteiger partial charge in [0.2, 0.25) is 0 Å². The van der Waals surface area contributed by atoms with E-state index in [1.54, 1.807) is 12.1 Å². The molecule has 0 aromatic carbocycles.